The largest absolute Gasteiger partial charge is 0.434 e. The molecule has 3 N–H and O–H groups in total. The van der Waals surface area contributed by atoms with Crippen molar-refractivity contribution in [1.82, 2.24) is 10.3 Å². The molecule has 0 bridgehead atoms. The van der Waals surface area contributed by atoms with E-state index in [2.05, 4.69) is 22.2 Å². The second kappa shape index (κ2) is 11.9. The maximum atomic E-state index is 12.4. The molecule has 0 aliphatic carbocycles. The van der Waals surface area contributed by atoms with E-state index in [1.165, 1.54) is 25.7 Å². The fourth-order valence-electron chi connectivity index (χ4n) is 1.84. The number of nitrogens with two attached hydrogens (primary N) is 1. The Morgan fingerprint density at radius 2 is 1.91 bits per heavy atom. The first-order valence-corrected chi connectivity index (χ1v) is 8.37. The number of nitrogens with one attached hydrogen (secondary N) is 1. The molecule has 1 aromatic heterocycles. The van der Waals surface area contributed by atoms with Gasteiger partial charge in [0.1, 0.15) is 5.01 Å². The number of halogens is 4. The van der Waals surface area contributed by atoms with E-state index in [-0.39, 0.29) is 36.5 Å². The van der Waals surface area contributed by atoms with Gasteiger partial charge >= 0.3 is 6.18 Å². The number of hydrogen-bond acceptors (Lipinski definition) is 3. The molecule has 1 aromatic rings. The van der Waals surface area contributed by atoms with Gasteiger partial charge in [-0.2, -0.15) is 13.2 Å². The van der Waals surface area contributed by atoms with E-state index in [1.807, 2.05) is 0 Å². The highest BCUT2D eigenvalue weighted by Gasteiger charge is 2.33. The predicted molar refractivity (Wildman–Crippen MR) is 99.2 cm³/mol. The molecule has 0 aromatic carbocycles. The fraction of sp³-hybridized carbons (Fsp3) is 0.714. The maximum absolute atomic E-state index is 12.4. The van der Waals surface area contributed by atoms with Crippen molar-refractivity contribution >= 4 is 41.3 Å². The van der Waals surface area contributed by atoms with Crippen molar-refractivity contribution in [2.75, 3.05) is 6.54 Å². The number of alkyl halides is 3. The number of thiazole rings is 1. The van der Waals surface area contributed by atoms with Crippen LogP contribution in [0.15, 0.2) is 10.4 Å². The van der Waals surface area contributed by atoms with Crippen LogP contribution in [-0.2, 0) is 12.7 Å². The van der Waals surface area contributed by atoms with Gasteiger partial charge in [0.15, 0.2) is 11.7 Å². The molecule has 0 fully saturated rings. The second-order valence-electron chi connectivity index (χ2n) is 5.02. The van der Waals surface area contributed by atoms with Crippen LogP contribution in [-0.4, -0.2) is 17.5 Å². The molecule has 9 heteroatoms. The van der Waals surface area contributed by atoms with Crippen molar-refractivity contribution in [2.24, 2.45) is 10.7 Å². The van der Waals surface area contributed by atoms with Crippen LogP contribution in [0.2, 0.25) is 0 Å². The van der Waals surface area contributed by atoms with E-state index in [1.54, 1.807) is 0 Å². The van der Waals surface area contributed by atoms with Gasteiger partial charge in [-0.3, -0.25) is 0 Å². The molecule has 1 rings (SSSR count). The number of aliphatic imine (C=N–C) groups is 1. The van der Waals surface area contributed by atoms with Gasteiger partial charge in [-0.05, 0) is 6.42 Å². The standard InChI is InChI=1S/C14H23F3N4S.HI/c1-2-3-4-5-6-7-8-19-13(18)20-9-12-21-11(10-22-12)14(15,16)17;/h10H,2-9H2,1H3,(H3,18,19,20);1H. The van der Waals surface area contributed by atoms with Crippen LogP contribution >= 0.6 is 35.3 Å². The summed E-state index contributed by atoms with van der Waals surface area (Å²) in [5.41, 5.74) is 4.80. The van der Waals surface area contributed by atoms with Crippen molar-refractivity contribution in [3.8, 4) is 0 Å². The summed E-state index contributed by atoms with van der Waals surface area (Å²) in [6.07, 6.45) is 2.71. The van der Waals surface area contributed by atoms with Crippen LogP contribution < -0.4 is 11.1 Å². The minimum absolute atomic E-state index is 0. The first-order valence-electron chi connectivity index (χ1n) is 7.49. The molecule has 0 unspecified atom stereocenters. The molecule has 0 aliphatic heterocycles. The topological polar surface area (TPSA) is 63.3 Å². The van der Waals surface area contributed by atoms with Gasteiger partial charge in [0, 0.05) is 11.9 Å². The maximum Gasteiger partial charge on any atom is 0.434 e. The van der Waals surface area contributed by atoms with Crippen molar-refractivity contribution in [2.45, 2.75) is 58.2 Å². The average Bonchev–Trinajstić information content (AvgIpc) is 2.93. The van der Waals surface area contributed by atoms with Crippen LogP contribution in [0.1, 0.15) is 56.2 Å². The Balaban J connectivity index is 0.00000484. The van der Waals surface area contributed by atoms with E-state index in [0.717, 1.165) is 36.1 Å². The number of hydrogen-bond donors (Lipinski definition) is 2. The Morgan fingerprint density at radius 1 is 1.26 bits per heavy atom. The molecule has 0 saturated carbocycles. The molecule has 23 heavy (non-hydrogen) atoms. The SMILES string of the molecule is CCCCCCCCNC(N)=NCc1nc(C(F)(F)F)cs1.I. The lowest BCUT2D eigenvalue weighted by Crippen LogP contribution is -2.32. The van der Waals surface area contributed by atoms with Gasteiger partial charge in [0.25, 0.3) is 0 Å². The molecule has 0 spiro atoms. The van der Waals surface area contributed by atoms with Crippen LogP contribution in [0.25, 0.3) is 0 Å². The van der Waals surface area contributed by atoms with Gasteiger partial charge in [0.05, 0.1) is 6.54 Å². The van der Waals surface area contributed by atoms with E-state index < -0.39 is 11.9 Å². The highest BCUT2D eigenvalue weighted by molar-refractivity contribution is 14.0. The molecule has 1 heterocycles. The minimum Gasteiger partial charge on any atom is -0.370 e. The number of guanidine groups is 1. The lowest BCUT2D eigenvalue weighted by Gasteiger charge is -2.05. The van der Waals surface area contributed by atoms with E-state index in [0.29, 0.717) is 5.01 Å². The zero-order chi connectivity index (χ0) is 16.4. The van der Waals surface area contributed by atoms with Crippen LogP contribution in [0.4, 0.5) is 13.2 Å². The molecule has 0 aliphatic rings. The Morgan fingerprint density at radius 3 is 2.52 bits per heavy atom. The van der Waals surface area contributed by atoms with Gasteiger partial charge in [-0.15, -0.1) is 35.3 Å². The third-order valence-corrected chi connectivity index (χ3v) is 3.90. The molecular formula is C14H24F3IN4S. The lowest BCUT2D eigenvalue weighted by molar-refractivity contribution is -0.140. The first kappa shape index (κ1) is 22.4. The third-order valence-electron chi connectivity index (χ3n) is 3.06. The first-order chi connectivity index (χ1) is 10.4. The lowest BCUT2D eigenvalue weighted by atomic mass is 10.1. The normalized spacial score (nSPS) is 12.1. The highest BCUT2D eigenvalue weighted by Crippen LogP contribution is 2.30. The third kappa shape index (κ3) is 10.0. The quantitative estimate of drug-likeness (QED) is 0.244. The van der Waals surface area contributed by atoms with Gasteiger partial charge < -0.3 is 11.1 Å². The Hall–Kier alpha value is -0.580. The number of rotatable bonds is 9. The van der Waals surface area contributed by atoms with Crippen molar-refractivity contribution in [3.05, 3.63) is 16.1 Å². The highest BCUT2D eigenvalue weighted by atomic mass is 127. The van der Waals surface area contributed by atoms with Crippen molar-refractivity contribution < 1.29 is 13.2 Å². The fourth-order valence-corrected chi connectivity index (χ4v) is 2.57. The summed E-state index contributed by atoms with van der Waals surface area (Å²) in [5, 5.41) is 4.26. The van der Waals surface area contributed by atoms with Crippen molar-refractivity contribution in [1.29, 1.82) is 0 Å². The molecular weight excluding hydrogens is 440 g/mol. The van der Waals surface area contributed by atoms with Gasteiger partial charge in [-0.25, -0.2) is 9.98 Å². The smallest absolute Gasteiger partial charge is 0.370 e. The summed E-state index contributed by atoms with van der Waals surface area (Å²) in [7, 11) is 0. The zero-order valence-corrected chi connectivity index (χ0v) is 16.3. The Bertz CT molecular complexity index is 463. The van der Waals surface area contributed by atoms with E-state index in [4.69, 9.17) is 5.73 Å². The van der Waals surface area contributed by atoms with Gasteiger partial charge in [-0.1, -0.05) is 39.0 Å². The Kier molecular flexibility index (Phi) is 11.6. The second-order valence-corrected chi connectivity index (χ2v) is 5.96. The molecule has 0 amide bonds. The summed E-state index contributed by atoms with van der Waals surface area (Å²) in [6, 6.07) is 0. The summed E-state index contributed by atoms with van der Waals surface area (Å²) in [6.45, 7) is 2.97. The molecule has 0 saturated heterocycles. The van der Waals surface area contributed by atoms with Crippen LogP contribution in [0, 0.1) is 0 Å². The van der Waals surface area contributed by atoms with Crippen LogP contribution in [0.3, 0.4) is 0 Å². The van der Waals surface area contributed by atoms with Gasteiger partial charge in [0.2, 0.25) is 0 Å². The zero-order valence-electron chi connectivity index (χ0n) is 13.2. The molecule has 4 nitrogen and oxygen atoms in total. The summed E-state index contributed by atoms with van der Waals surface area (Å²) >= 11 is 0.936. The number of nitrogens with zero attached hydrogens (tertiary/aromatic N) is 2. The summed E-state index contributed by atoms with van der Waals surface area (Å²) in [5.74, 6) is 0.248. The number of unbranched alkanes of at least 4 members (excludes halogenated alkanes) is 5. The van der Waals surface area contributed by atoms with E-state index >= 15 is 0 Å². The average molecular weight is 464 g/mol. The number of aromatic nitrogens is 1. The monoisotopic (exact) mass is 464 g/mol. The van der Waals surface area contributed by atoms with E-state index in [9.17, 15) is 13.2 Å². The summed E-state index contributed by atoms with van der Waals surface area (Å²) < 4.78 is 37.2. The molecule has 134 valence electrons. The van der Waals surface area contributed by atoms with Crippen LogP contribution in [0.5, 0.6) is 0 Å². The predicted octanol–water partition coefficient (Wildman–Crippen LogP) is 4.54. The molecule has 0 atom stereocenters. The minimum atomic E-state index is -4.40. The summed E-state index contributed by atoms with van der Waals surface area (Å²) in [4.78, 5) is 7.50. The van der Waals surface area contributed by atoms with Crippen molar-refractivity contribution in [3.63, 3.8) is 0 Å². The Labute approximate surface area is 156 Å². The molecule has 0 radical (unpaired) electrons.